The Bertz CT molecular complexity index is 384. The van der Waals surface area contributed by atoms with Crippen molar-refractivity contribution in [3.8, 4) is 0 Å². The van der Waals surface area contributed by atoms with Crippen LogP contribution in [0.3, 0.4) is 0 Å². The number of benzene rings is 1. The SMILES string of the molecule is COC(C)(C)CCC(CNC1CC1)Cc1ccccc1. The highest BCUT2D eigenvalue weighted by Crippen LogP contribution is 2.24. The van der Waals surface area contributed by atoms with Crippen LogP contribution in [0.1, 0.15) is 45.1 Å². The molecule has 1 aromatic carbocycles. The number of hydrogen-bond donors (Lipinski definition) is 1. The Morgan fingerprint density at radius 3 is 2.55 bits per heavy atom. The Hall–Kier alpha value is -0.860. The minimum Gasteiger partial charge on any atom is -0.379 e. The Balaban J connectivity index is 1.85. The topological polar surface area (TPSA) is 21.3 Å². The van der Waals surface area contributed by atoms with Crippen LogP contribution >= 0.6 is 0 Å². The van der Waals surface area contributed by atoms with Gasteiger partial charge in [-0.3, -0.25) is 0 Å². The molecule has 2 heteroatoms. The predicted octanol–water partition coefficient (Wildman–Crippen LogP) is 3.80. The molecular weight excluding hydrogens is 246 g/mol. The summed E-state index contributed by atoms with van der Waals surface area (Å²) in [5, 5.41) is 3.69. The van der Waals surface area contributed by atoms with Gasteiger partial charge in [0.25, 0.3) is 0 Å². The summed E-state index contributed by atoms with van der Waals surface area (Å²) in [6, 6.07) is 11.6. The molecule has 0 amide bonds. The molecule has 1 aliphatic rings. The Morgan fingerprint density at radius 1 is 1.25 bits per heavy atom. The fourth-order valence-electron chi connectivity index (χ4n) is 2.50. The Kier molecular flexibility index (Phi) is 5.62. The monoisotopic (exact) mass is 275 g/mol. The summed E-state index contributed by atoms with van der Waals surface area (Å²) in [5.41, 5.74) is 1.44. The van der Waals surface area contributed by atoms with Crippen LogP contribution in [0.25, 0.3) is 0 Å². The number of methoxy groups -OCH3 is 1. The lowest BCUT2D eigenvalue weighted by Crippen LogP contribution is -2.29. The highest BCUT2D eigenvalue weighted by molar-refractivity contribution is 5.15. The van der Waals surface area contributed by atoms with E-state index >= 15 is 0 Å². The summed E-state index contributed by atoms with van der Waals surface area (Å²) in [6.45, 7) is 5.50. The van der Waals surface area contributed by atoms with Crippen molar-refractivity contribution >= 4 is 0 Å². The zero-order chi connectivity index (χ0) is 14.4. The van der Waals surface area contributed by atoms with Gasteiger partial charge in [-0.25, -0.2) is 0 Å². The second-order valence-corrected chi connectivity index (χ2v) is 6.74. The van der Waals surface area contributed by atoms with Crippen LogP contribution in [0, 0.1) is 5.92 Å². The molecule has 1 N–H and O–H groups in total. The minimum absolute atomic E-state index is 0.00544. The first kappa shape index (κ1) is 15.5. The van der Waals surface area contributed by atoms with Gasteiger partial charge >= 0.3 is 0 Å². The quantitative estimate of drug-likeness (QED) is 0.740. The molecule has 1 fully saturated rings. The van der Waals surface area contributed by atoms with Crippen LogP contribution in [0.5, 0.6) is 0 Å². The Labute approximate surface area is 123 Å². The molecule has 20 heavy (non-hydrogen) atoms. The largest absolute Gasteiger partial charge is 0.379 e. The number of hydrogen-bond acceptors (Lipinski definition) is 2. The molecule has 0 radical (unpaired) electrons. The lowest BCUT2D eigenvalue weighted by Gasteiger charge is -2.26. The van der Waals surface area contributed by atoms with E-state index in [1.165, 1.54) is 31.2 Å². The third-order valence-corrected chi connectivity index (χ3v) is 4.35. The van der Waals surface area contributed by atoms with E-state index in [9.17, 15) is 0 Å². The van der Waals surface area contributed by atoms with Gasteiger partial charge in [0.1, 0.15) is 0 Å². The molecular formula is C18H29NO. The summed E-state index contributed by atoms with van der Waals surface area (Å²) in [5.74, 6) is 0.701. The van der Waals surface area contributed by atoms with E-state index in [2.05, 4.69) is 49.5 Å². The Morgan fingerprint density at radius 2 is 1.95 bits per heavy atom. The van der Waals surface area contributed by atoms with Crippen molar-refractivity contribution in [1.29, 1.82) is 0 Å². The molecule has 1 atom stereocenters. The first-order chi connectivity index (χ1) is 9.59. The highest BCUT2D eigenvalue weighted by atomic mass is 16.5. The predicted molar refractivity (Wildman–Crippen MR) is 85.0 cm³/mol. The van der Waals surface area contributed by atoms with Crippen molar-refractivity contribution in [2.75, 3.05) is 13.7 Å². The summed E-state index contributed by atoms with van der Waals surface area (Å²) in [7, 11) is 1.81. The van der Waals surface area contributed by atoms with Crippen LogP contribution in [-0.4, -0.2) is 25.3 Å². The summed E-state index contributed by atoms with van der Waals surface area (Å²) < 4.78 is 5.56. The number of ether oxygens (including phenoxy) is 1. The van der Waals surface area contributed by atoms with E-state index in [4.69, 9.17) is 4.74 Å². The first-order valence-corrected chi connectivity index (χ1v) is 7.91. The zero-order valence-corrected chi connectivity index (χ0v) is 13.2. The first-order valence-electron chi connectivity index (χ1n) is 7.91. The van der Waals surface area contributed by atoms with Gasteiger partial charge < -0.3 is 10.1 Å². The van der Waals surface area contributed by atoms with Crippen molar-refractivity contribution < 1.29 is 4.74 Å². The average Bonchev–Trinajstić information content (AvgIpc) is 3.27. The summed E-state index contributed by atoms with van der Waals surface area (Å²) in [4.78, 5) is 0. The molecule has 1 saturated carbocycles. The van der Waals surface area contributed by atoms with Gasteiger partial charge in [-0.2, -0.15) is 0 Å². The maximum absolute atomic E-state index is 5.56. The van der Waals surface area contributed by atoms with Gasteiger partial charge in [0, 0.05) is 13.2 Å². The molecule has 112 valence electrons. The molecule has 0 heterocycles. The van der Waals surface area contributed by atoms with Crippen LogP contribution in [0.15, 0.2) is 30.3 Å². The third kappa shape index (κ3) is 5.64. The third-order valence-electron chi connectivity index (χ3n) is 4.35. The molecule has 0 spiro atoms. The fourth-order valence-corrected chi connectivity index (χ4v) is 2.50. The number of nitrogens with one attached hydrogen (secondary N) is 1. The van der Waals surface area contributed by atoms with Crippen molar-refractivity contribution in [3.05, 3.63) is 35.9 Å². The minimum atomic E-state index is -0.00544. The van der Waals surface area contributed by atoms with E-state index < -0.39 is 0 Å². The lowest BCUT2D eigenvalue weighted by molar-refractivity contribution is 0.0103. The molecule has 0 bridgehead atoms. The van der Waals surface area contributed by atoms with Crippen molar-refractivity contribution in [1.82, 2.24) is 5.32 Å². The van der Waals surface area contributed by atoms with Crippen molar-refractivity contribution in [3.63, 3.8) is 0 Å². The van der Waals surface area contributed by atoms with Gasteiger partial charge in [-0.1, -0.05) is 30.3 Å². The molecule has 0 saturated heterocycles. The summed E-state index contributed by atoms with van der Waals surface area (Å²) >= 11 is 0. The van der Waals surface area contributed by atoms with E-state index in [0.29, 0.717) is 5.92 Å². The van der Waals surface area contributed by atoms with Gasteiger partial charge in [0.2, 0.25) is 0 Å². The second kappa shape index (κ2) is 7.24. The van der Waals surface area contributed by atoms with E-state index in [0.717, 1.165) is 19.0 Å². The van der Waals surface area contributed by atoms with Gasteiger partial charge in [-0.05, 0) is 64.0 Å². The normalized spacial score (nSPS) is 17.1. The van der Waals surface area contributed by atoms with E-state index in [-0.39, 0.29) is 5.60 Å². The van der Waals surface area contributed by atoms with Gasteiger partial charge in [0.05, 0.1) is 5.60 Å². The number of rotatable bonds is 9. The highest BCUT2D eigenvalue weighted by Gasteiger charge is 2.24. The molecule has 2 rings (SSSR count). The smallest absolute Gasteiger partial charge is 0.0622 e. The maximum atomic E-state index is 5.56. The van der Waals surface area contributed by atoms with Gasteiger partial charge in [0.15, 0.2) is 0 Å². The van der Waals surface area contributed by atoms with Gasteiger partial charge in [-0.15, -0.1) is 0 Å². The molecule has 2 nitrogen and oxygen atoms in total. The molecule has 1 aromatic rings. The molecule has 0 aromatic heterocycles. The maximum Gasteiger partial charge on any atom is 0.0622 e. The van der Waals surface area contributed by atoms with Crippen LogP contribution in [0.4, 0.5) is 0 Å². The molecule has 1 aliphatic carbocycles. The van der Waals surface area contributed by atoms with Crippen LogP contribution in [-0.2, 0) is 11.2 Å². The average molecular weight is 275 g/mol. The van der Waals surface area contributed by atoms with Crippen LogP contribution in [0.2, 0.25) is 0 Å². The van der Waals surface area contributed by atoms with Crippen LogP contribution < -0.4 is 5.32 Å². The molecule has 0 aliphatic heterocycles. The van der Waals surface area contributed by atoms with Crippen molar-refractivity contribution in [2.45, 2.75) is 57.6 Å². The lowest BCUT2D eigenvalue weighted by atomic mass is 9.90. The van der Waals surface area contributed by atoms with E-state index in [1.54, 1.807) is 0 Å². The zero-order valence-electron chi connectivity index (χ0n) is 13.2. The second-order valence-electron chi connectivity index (χ2n) is 6.74. The van der Waals surface area contributed by atoms with Crippen molar-refractivity contribution in [2.24, 2.45) is 5.92 Å². The standard InChI is InChI=1S/C18H29NO/c1-18(2,20-3)12-11-16(14-19-17-9-10-17)13-15-7-5-4-6-8-15/h4-8,16-17,19H,9-14H2,1-3H3. The van der Waals surface area contributed by atoms with E-state index in [1.807, 2.05) is 7.11 Å². The molecule has 1 unspecified atom stereocenters. The summed E-state index contributed by atoms with van der Waals surface area (Å²) in [6.07, 6.45) is 6.23. The fraction of sp³-hybridized carbons (Fsp3) is 0.667.